The second-order valence-electron chi connectivity index (χ2n) is 4.41. The van der Waals surface area contributed by atoms with Crippen LogP contribution in [-0.4, -0.2) is 24.9 Å². The van der Waals surface area contributed by atoms with Crippen molar-refractivity contribution in [2.45, 2.75) is 26.1 Å². The smallest absolute Gasteiger partial charge is 0.405 e. The molecule has 0 aliphatic heterocycles. The van der Waals surface area contributed by atoms with Gasteiger partial charge in [0.15, 0.2) is 0 Å². The molecule has 1 aromatic carbocycles. The van der Waals surface area contributed by atoms with Crippen LogP contribution in [0.4, 0.5) is 23.7 Å². The predicted molar refractivity (Wildman–Crippen MR) is 70.0 cm³/mol. The van der Waals surface area contributed by atoms with Crippen LogP contribution < -0.4 is 15.4 Å². The molecule has 0 aromatic heterocycles. The SMILES string of the molecule is CC(C)Oc1ccc(NC(=O)NCC(F)(F)F)cc1C#N. The summed E-state index contributed by atoms with van der Waals surface area (Å²) < 4.78 is 41.2. The lowest BCUT2D eigenvalue weighted by Gasteiger charge is -2.13. The maximum absolute atomic E-state index is 11.9. The topological polar surface area (TPSA) is 74.2 Å². The van der Waals surface area contributed by atoms with E-state index >= 15 is 0 Å². The van der Waals surface area contributed by atoms with E-state index in [4.69, 9.17) is 10.00 Å². The molecular formula is C13H14F3N3O2. The number of rotatable bonds is 4. The molecule has 0 unspecified atom stereocenters. The first kappa shape index (κ1) is 16.6. The molecule has 0 aliphatic carbocycles. The van der Waals surface area contributed by atoms with Gasteiger partial charge in [0.1, 0.15) is 18.4 Å². The number of nitrogens with zero attached hydrogens (tertiary/aromatic N) is 1. The number of alkyl halides is 3. The quantitative estimate of drug-likeness (QED) is 0.897. The van der Waals surface area contributed by atoms with Crippen LogP contribution in [0.25, 0.3) is 0 Å². The lowest BCUT2D eigenvalue weighted by atomic mass is 10.2. The van der Waals surface area contributed by atoms with E-state index in [9.17, 15) is 18.0 Å². The molecule has 0 bridgehead atoms. The maximum Gasteiger partial charge on any atom is 0.405 e. The van der Waals surface area contributed by atoms with Crippen LogP contribution in [0.5, 0.6) is 5.75 Å². The fourth-order valence-corrected chi connectivity index (χ4v) is 1.41. The molecule has 0 aliphatic rings. The van der Waals surface area contributed by atoms with Crippen LogP contribution in [0.1, 0.15) is 19.4 Å². The van der Waals surface area contributed by atoms with Gasteiger partial charge >= 0.3 is 12.2 Å². The number of amides is 2. The molecule has 0 radical (unpaired) electrons. The summed E-state index contributed by atoms with van der Waals surface area (Å²) in [6, 6.07) is 5.12. The Bertz CT molecular complexity index is 551. The van der Waals surface area contributed by atoms with Gasteiger partial charge in [-0.25, -0.2) is 4.79 Å². The first-order chi connectivity index (χ1) is 9.71. The van der Waals surface area contributed by atoms with Crippen LogP contribution in [-0.2, 0) is 0 Å². The third kappa shape index (κ3) is 6.03. The van der Waals surface area contributed by atoms with Crippen LogP contribution in [0.15, 0.2) is 18.2 Å². The number of halogens is 3. The summed E-state index contributed by atoms with van der Waals surface area (Å²) in [5.74, 6) is 0.341. The van der Waals surface area contributed by atoms with Crippen molar-refractivity contribution in [3.63, 3.8) is 0 Å². The monoisotopic (exact) mass is 301 g/mol. The van der Waals surface area contributed by atoms with E-state index < -0.39 is 18.8 Å². The summed E-state index contributed by atoms with van der Waals surface area (Å²) in [6.07, 6.45) is -4.62. The molecule has 2 N–H and O–H groups in total. The van der Waals surface area contributed by atoms with E-state index in [1.807, 2.05) is 6.07 Å². The molecule has 114 valence electrons. The van der Waals surface area contributed by atoms with Gasteiger partial charge in [0.05, 0.1) is 11.7 Å². The number of nitrogens with one attached hydrogen (secondary N) is 2. The number of carbonyl (C=O) groups is 1. The van der Waals surface area contributed by atoms with E-state index in [1.54, 1.807) is 19.2 Å². The normalized spacial score (nSPS) is 10.9. The molecule has 0 fully saturated rings. The number of anilines is 1. The highest BCUT2D eigenvalue weighted by Gasteiger charge is 2.27. The van der Waals surface area contributed by atoms with Crippen LogP contribution in [0.3, 0.4) is 0 Å². The highest BCUT2D eigenvalue weighted by Crippen LogP contribution is 2.23. The zero-order chi connectivity index (χ0) is 16.0. The predicted octanol–water partition coefficient (Wildman–Crippen LogP) is 3.03. The van der Waals surface area contributed by atoms with Crippen molar-refractivity contribution in [1.29, 1.82) is 5.26 Å². The van der Waals surface area contributed by atoms with Gasteiger partial charge in [-0.1, -0.05) is 0 Å². The Hall–Kier alpha value is -2.43. The molecule has 2 amide bonds. The third-order valence-corrected chi connectivity index (χ3v) is 2.17. The van der Waals surface area contributed by atoms with E-state index in [2.05, 4.69) is 5.32 Å². The minimum absolute atomic E-state index is 0.133. The number of nitriles is 1. The van der Waals surface area contributed by atoms with Crippen LogP contribution in [0.2, 0.25) is 0 Å². The molecule has 0 heterocycles. The number of carbonyl (C=O) groups excluding carboxylic acids is 1. The molecule has 5 nitrogen and oxygen atoms in total. The molecule has 8 heteroatoms. The third-order valence-electron chi connectivity index (χ3n) is 2.17. The zero-order valence-electron chi connectivity index (χ0n) is 11.4. The first-order valence-corrected chi connectivity index (χ1v) is 6.03. The number of hydrogen-bond donors (Lipinski definition) is 2. The molecule has 1 rings (SSSR count). The van der Waals surface area contributed by atoms with Gasteiger partial charge in [-0.05, 0) is 32.0 Å². The van der Waals surface area contributed by atoms with E-state index in [0.29, 0.717) is 5.75 Å². The molecule has 0 saturated carbocycles. The second kappa shape index (κ2) is 6.83. The Morgan fingerprint density at radius 3 is 2.62 bits per heavy atom. The van der Waals surface area contributed by atoms with Gasteiger partial charge in [-0.3, -0.25) is 0 Å². The van der Waals surface area contributed by atoms with Crippen molar-refractivity contribution >= 4 is 11.7 Å². The Morgan fingerprint density at radius 2 is 2.10 bits per heavy atom. The van der Waals surface area contributed by atoms with Crippen molar-refractivity contribution in [2.24, 2.45) is 0 Å². The number of ether oxygens (including phenoxy) is 1. The lowest BCUT2D eigenvalue weighted by Crippen LogP contribution is -2.36. The molecular weight excluding hydrogens is 287 g/mol. The minimum atomic E-state index is -4.48. The van der Waals surface area contributed by atoms with Gasteiger partial charge in [0.25, 0.3) is 0 Å². The van der Waals surface area contributed by atoms with Gasteiger partial charge in [-0.15, -0.1) is 0 Å². The van der Waals surface area contributed by atoms with Gasteiger partial charge in [0, 0.05) is 5.69 Å². The molecule has 0 spiro atoms. The van der Waals surface area contributed by atoms with Crippen LogP contribution >= 0.6 is 0 Å². The maximum atomic E-state index is 11.9. The molecule has 1 aromatic rings. The fraction of sp³-hybridized carbons (Fsp3) is 0.385. The van der Waals surface area contributed by atoms with Gasteiger partial charge in [0.2, 0.25) is 0 Å². The Balaban J connectivity index is 2.73. The number of hydrogen-bond acceptors (Lipinski definition) is 3. The molecule has 0 saturated heterocycles. The highest BCUT2D eigenvalue weighted by atomic mass is 19.4. The summed E-state index contributed by atoms with van der Waals surface area (Å²) in [6.45, 7) is 2.15. The lowest BCUT2D eigenvalue weighted by molar-refractivity contribution is -0.122. The van der Waals surface area contributed by atoms with Crippen molar-refractivity contribution in [3.05, 3.63) is 23.8 Å². The average Bonchev–Trinajstić information content (AvgIpc) is 2.37. The molecule has 21 heavy (non-hydrogen) atoms. The summed E-state index contributed by atoms with van der Waals surface area (Å²) in [4.78, 5) is 11.3. The Kier molecular flexibility index (Phi) is 5.41. The van der Waals surface area contributed by atoms with Crippen molar-refractivity contribution in [2.75, 3.05) is 11.9 Å². The largest absolute Gasteiger partial charge is 0.490 e. The molecule has 0 atom stereocenters. The van der Waals surface area contributed by atoms with Crippen molar-refractivity contribution in [3.8, 4) is 11.8 Å². The Labute approximate surface area is 119 Å². The minimum Gasteiger partial charge on any atom is -0.490 e. The summed E-state index contributed by atoms with van der Waals surface area (Å²) in [7, 11) is 0. The fourth-order valence-electron chi connectivity index (χ4n) is 1.41. The zero-order valence-corrected chi connectivity index (χ0v) is 11.4. The highest BCUT2D eigenvalue weighted by molar-refractivity contribution is 5.89. The van der Waals surface area contributed by atoms with Crippen molar-refractivity contribution in [1.82, 2.24) is 5.32 Å². The summed E-state index contributed by atoms with van der Waals surface area (Å²) in [5.41, 5.74) is 0.375. The standard InChI is InChI=1S/C13H14F3N3O2/c1-8(2)21-11-4-3-10(5-9(11)6-17)19-12(20)18-7-13(14,15)16/h3-5,8H,7H2,1-2H3,(H2,18,19,20). The van der Waals surface area contributed by atoms with E-state index in [-0.39, 0.29) is 17.4 Å². The second-order valence-corrected chi connectivity index (χ2v) is 4.41. The summed E-state index contributed by atoms with van der Waals surface area (Å²) >= 11 is 0. The summed E-state index contributed by atoms with van der Waals surface area (Å²) in [5, 5.41) is 12.9. The Morgan fingerprint density at radius 1 is 1.43 bits per heavy atom. The van der Waals surface area contributed by atoms with Crippen LogP contribution in [0, 0.1) is 11.3 Å². The van der Waals surface area contributed by atoms with Gasteiger partial charge in [-0.2, -0.15) is 18.4 Å². The van der Waals surface area contributed by atoms with E-state index in [1.165, 1.54) is 18.2 Å². The van der Waals surface area contributed by atoms with Crippen molar-refractivity contribution < 1.29 is 22.7 Å². The first-order valence-electron chi connectivity index (χ1n) is 6.03. The average molecular weight is 301 g/mol. The van der Waals surface area contributed by atoms with Gasteiger partial charge < -0.3 is 15.4 Å². The number of benzene rings is 1. The van der Waals surface area contributed by atoms with E-state index in [0.717, 1.165) is 0 Å². The number of urea groups is 1.